The van der Waals surface area contributed by atoms with Crippen molar-refractivity contribution in [2.45, 2.75) is 32.2 Å². The number of hydrogen-bond donors (Lipinski definition) is 1. The molecule has 4 nitrogen and oxygen atoms in total. The molecular formula is C27H26FN3OS. The molecule has 0 amide bonds. The molecule has 0 saturated carbocycles. The summed E-state index contributed by atoms with van der Waals surface area (Å²) in [5.41, 5.74) is 6.80. The Kier molecular flexibility index (Phi) is 5.77. The predicted molar refractivity (Wildman–Crippen MR) is 137 cm³/mol. The molecule has 3 heterocycles. The van der Waals surface area contributed by atoms with E-state index in [1.165, 1.54) is 23.3 Å². The average Bonchev–Trinajstić information content (AvgIpc) is 3.23. The Labute approximate surface area is 198 Å². The Morgan fingerprint density at radius 1 is 1.12 bits per heavy atom. The van der Waals surface area contributed by atoms with Crippen LogP contribution in [0, 0.1) is 5.82 Å². The summed E-state index contributed by atoms with van der Waals surface area (Å²) in [5.74, 6) is 1.52. The van der Waals surface area contributed by atoms with E-state index in [1.807, 2.05) is 24.3 Å². The van der Waals surface area contributed by atoms with Crippen molar-refractivity contribution >= 4 is 28.7 Å². The van der Waals surface area contributed by atoms with Gasteiger partial charge >= 0.3 is 0 Å². The van der Waals surface area contributed by atoms with Crippen LogP contribution in [0.4, 0.5) is 10.2 Å². The highest BCUT2D eigenvalue weighted by Crippen LogP contribution is 2.42. The molecule has 6 heteroatoms. The van der Waals surface area contributed by atoms with Gasteiger partial charge in [-0.25, -0.2) is 4.39 Å². The third kappa shape index (κ3) is 3.85. The third-order valence-electron chi connectivity index (χ3n) is 6.24. The van der Waals surface area contributed by atoms with E-state index in [0.717, 1.165) is 59.8 Å². The first-order chi connectivity index (χ1) is 16.1. The number of anilines is 1. The van der Waals surface area contributed by atoms with Gasteiger partial charge in [0.25, 0.3) is 0 Å². The molecule has 2 aromatic heterocycles. The monoisotopic (exact) mass is 459 g/mol. The number of benzene rings is 2. The fourth-order valence-corrected chi connectivity index (χ4v) is 4.96. The Balaban J connectivity index is 1.76. The average molecular weight is 460 g/mol. The fraction of sp³-hybridized carbons (Fsp3) is 0.222. The first kappa shape index (κ1) is 21.5. The van der Waals surface area contributed by atoms with Crippen LogP contribution in [0.5, 0.6) is 5.75 Å². The highest BCUT2D eigenvalue weighted by atomic mass is 32.1. The molecular weight excluding hydrogens is 433 g/mol. The van der Waals surface area contributed by atoms with Gasteiger partial charge in [-0.15, -0.1) is 6.58 Å². The molecule has 1 aliphatic heterocycles. The maximum Gasteiger partial charge on any atom is 0.125 e. The van der Waals surface area contributed by atoms with E-state index in [0.29, 0.717) is 11.4 Å². The number of aryl methyl sites for hydroxylation is 2. The summed E-state index contributed by atoms with van der Waals surface area (Å²) >= 11 is 5.60. The van der Waals surface area contributed by atoms with Crippen molar-refractivity contribution in [2.75, 3.05) is 12.4 Å². The van der Waals surface area contributed by atoms with E-state index >= 15 is 0 Å². The third-order valence-corrected chi connectivity index (χ3v) is 6.51. The topological polar surface area (TPSA) is 30.6 Å². The van der Waals surface area contributed by atoms with Gasteiger partial charge in [-0.2, -0.15) is 0 Å². The van der Waals surface area contributed by atoms with Crippen LogP contribution in [0.15, 0.2) is 67.4 Å². The molecule has 0 aliphatic carbocycles. The normalized spacial score (nSPS) is 13.0. The summed E-state index contributed by atoms with van der Waals surface area (Å²) in [4.78, 5) is 0.704. The number of nitrogens with one attached hydrogen (secondary N) is 1. The van der Waals surface area contributed by atoms with Crippen LogP contribution < -0.4 is 10.1 Å². The molecule has 33 heavy (non-hydrogen) atoms. The fourth-order valence-electron chi connectivity index (χ4n) is 4.74. The number of rotatable bonds is 6. The summed E-state index contributed by atoms with van der Waals surface area (Å²) in [6.07, 6.45) is 7.72. The number of aromatic nitrogens is 2. The Morgan fingerprint density at radius 3 is 2.55 bits per heavy atom. The molecule has 2 aromatic carbocycles. The van der Waals surface area contributed by atoms with E-state index in [4.69, 9.17) is 17.0 Å². The molecule has 0 atom stereocenters. The molecule has 0 unspecified atom stereocenters. The molecule has 0 radical (unpaired) electrons. The summed E-state index contributed by atoms with van der Waals surface area (Å²) in [7, 11) is 1.68. The second-order valence-corrected chi connectivity index (χ2v) is 8.79. The number of methoxy groups -OCH3 is 1. The van der Waals surface area contributed by atoms with Crippen molar-refractivity contribution in [1.29, 1.82) is 0 Å². The minimum Gasteiger partial charge on any atom is -0.497 e. The zero-order valence-corrected chi connectivity index (χ0v) is 19.4. The van der Waals surface area contributed by atoms with Gasteiger partial charge in [0.1, 0.15) is 23.0 Å². The number of hydrogen-bond acceptors (Lipinski definition) is 2. The minimum atomic E-state index is -0.239. The van der Waals surface area contributed by atoms with Gasteiger partial charge in [0.15, 0.2) is 0 Å². The molecule has 1 N–H and O–H groups in total. The quantitative estimate of drug-likeness (QED) is 0.252. The van der Waals surface area contributed by atoms with Crippen LogP contribution in [0.25, 0.3) is 28.0 Å². The maximum absolute atomic E-state index is 13.7. The van der Waals surface area contributed by atoms with Crippen molar-refractivity contribution in [3.05, 3.63) is 78.8 Å². The van der Waals surface area contributed by atoms with Crippen molar-refractivity contribution in [2.24, 2.45) is 0 Å². The number of nitrogens with zero attached hydrogens (tertiary/aromatic N) is 2. The maximum atomic E-state index is 13.7. The van der Waals surface area contributed by atoms with E-state index < -0.39 is 0 Å². The van der Waals surface area contributed by atoms with Crippen LogP contribution in [0.1, 0.15) is 24.8 Å². The first-order valence-corrected chi connectivity index (χ1v) is 11.6. The van der Waals surface area contributed by atoms with Gasteiger partial charge in [-0.3, -0.25) is 4.40 Å². The predicted octanol–water partition coefficient (Wildman–Crippen LogP) is 6.87. The lowest BCUT2D eigenvalue weighted by atomic mass is 9.99. The molecule has 168 valence electrons. The second kappa shape index (κ2) is 8.87. The second-order valence-electron chi connectivity index (χ2n) is 8.30. The smallest absolute Gasteiger partial charge is 0.125 e. The lowest BCUT2D eigenvalue weighted by Gasteiger charge is -2.11. The lowest BCUT2D eigenvalue weighted by molar-refractivity contribution is 0.415. The minimum absolute atomic E-state index is 0.239. The van der Waals surface area contributed by atoms with Crippen LogP contribution in [-0.4, -0.2) is 21.1 Å². The zero-order chi connectivity index (χ0) is 22.9. The summed E-state index contributed by atoms with van der Waals surface area (Å²) in [6, 6.07) is 14.9. The molecule has 0 saturated heterocycles. The van der Waals surface area contributed by atoms with Crippen LogP contribution in [0.3, 0.4) is 0 Å². The Morgan fingerprint density at radius 2 is 1.85 bits per heavy atom. The van der Waals surface area contributed by atoms with Gasteiger partial charge in [-0.1, -0.05) is 30.4 Å². The lowest BCUT2D eigenvalue weighted by Crippen LogP contribution is -2.10. The number of imidazole rings is 1. The summed E-state index contributed by atoms with van der Waals surface area (Å²) in [5, 5.41) is 3.48. The molecule has 0 bridgehead atoms. The van der Waals surface area contributed by atoms with E-state index in [9.17, 15) is 4.39 Å². The van der Waals surface area contributed by atoms with Crippen LogP contribution in [0.2, 0.25) is 0 Å². The van der Waals surface area contributed by atoms with Gasteiger partial charge in [0.05, 0.1) is 17.8 Å². The molecule has 0 fully saturated rings. The standard InChI is InChI=1S/C27H26FN3OS/c1-3-6-24(33)29-26-25(19-8-12-20(28)13-9-19)22-7-4-5-16-30-23(17-31(26)27(22)30)18-10-14-21(32-2)15-11-18/h3,8-15,17H,1,4-7,16H2,2H3,(H,29,33). The summed E-state index contributed by atoms with van der Waals surface area (Å²) in [6.45, 7) is 4.76. The van der Waals surface area contributed by atoms with Crippen molar-refractivity contribution in [1.82, 2.24) is 8.97 Å². The van der Waals surface area contributed by atoms with Crippen LogP contribution >= 0.6 is 12.2 Å². The van der Waals surface area contributed by atoms with Gasteiger partial charge in [-0.05, 0) is 66.8 Å². The van der Waals surface area contributed by atoms with E-state index in [2.05, 4.69) is 39.2 Å². The SMILES string of the molecule is C=CCC(=S)Nc1c(-c2ccc(F)cc2)c2c3n(c(-c4ccc(OC)cc4)cn13)CCCC2. The molecule has 0 spiro atoms. The first-order valence-electron chi connectivity index (χ1n) is 11.2. The van der Waals surface area contributed by atoms with Crippen LogP contribution in [-0.2, 0) is 13.0 Å². The zero-order valence-electron chi connectivity index (χ0n) is 18.6. The Bertz CT molecular complexity index is 1330. The molecule has 5 rings (SSSR count). The largest absolute Gasteiger partial charge is 0.497 e. The molecule has 4 aromatic rings. The summed E-state index contributed by atoms with van der Waals surface area (Å²) < 4.78 is 23.7. The molecule has 1 aliphatic rings. The van der Waals surface area contributed by atoms with Gasteiger partial charge < -0.3 is 14.6 Å². The van der Waals surface area contributed by atoms with E-state index in [-0.39, 0.29) is 5.82 Å². The van der Waals surface area contributed by atoms with Crippen molar-refractivity contribution < 1.29 is 9.13 Å². The van der Waals surface area contributed by atoms with Crippen molar-refractivity contribution in [3.63, 3.8) is 0 Å². The number of ether oxygens (including phenoxy) is 1. The van der Waals surface area contributed by atoms with Crippen molar-refractivity contribution in [3.8, 4) is 28.1 Å². The van der Waals surface area contributed by atoms with Gasteiger partial charge in [0, 0.05) is 30.3 Å². The highest BCUT2D eigenvalue weighted by Gasteiger charge is 2.26. The van der Waals surface area contributed by atoms with E-state index in [1.54, 1.807) is 13.2 Å². The van der Waals surface area contributed by atoms with Gasteiger partial charge in [0.2, 0.25) is 0 Å². The number of halogens is 1. The number of thiocarbonyl (C=S) groups is 1. The highest BCUT2D eigenvalue weighted by molar-refractivity contribution is 7.80. The Hall–Kier alpha value is -3.38.